The van der Waals surface area contributed by atoms with Crippen LogP contribution >= 0.6 is 46.4 Å². The van der Waals surface area contributed by atoms with Gasteiger partial charge in [-0.15, -0.1) is 11.6 Å². The summed E-state index contributed by atoms with van der Waals surface area (Å²) >= 11 is 24.4. The first-order valence-electron chi connectivity index (χ1n) is 9.35. The third-order valence-corrected chi connectivity index (χ3v) is 5.36. The van der Waals surface area contributed by atoms with Gasteiger partial charge in [-0.05, 0) is 33.6 Å². The largest absolute Gasteiger partial charge is 0.444 e. The number of alkyl halides is 2. The van der Waals surface area contributed by atoms with E-state index in [0.29, 0.717) is 5.03 Å². The standard InChI is InChI=1S/C19H27Cl4FN4O2/c1-19(2,3)30-18(29)27-6-7-28(15(17(23)26)9-16(22)25)10-12-13(20)5-4-11(24)8-14(12)21/h5,9,11-12,14,25-26H,4,6-8,10H2,1-3H3,(H,27,29)/b15-9+,25-16?,26-17?/t11?,12?,14-/m1/s1. The van der Waals surface area contributed by atoms with E-state index >= 15 is 0 Å². The average Bonchev–Trinajstić information content (AvgIpc) is 2.69. The second-order valence-corrected chi connectivity index (χ2v) is 9.63. The van der Waals surface area contributed by atoms with Gasteiger partial charge < -0.3 is 15.0 Å². The fourth-order valence-corrected chi connectivity index (χ4v) is 3.90. The molecule has 0 aromatic rings. The molecule has 0 aromatic heterocycles. The van der Waals surface area contributed by atoms with E-state index in [1.54, 1.807) is 31.7 Å². The molecule has 1 aliphatic rings. The number of hydrogen-bond donors (Lipinski definition) is 3. The van der Waals surface area contributed by atoms with Crippen molar-refractivity contribution in [3.63, 3.8) is 0 Å². The number of nitrogens with zero attached hydrogens (tertiary/aromatic N) is 1. The summed E-state index contributed by atoms with van der Waals surface area (Å²) in [6.07, 6.45) is 1.45. The Morgan fingerprint density at radius 2 is 2.03 bits per heavy atom. The van der Waals surface area contributed by atoms with Gasteiger partial charge in [0.25, 0.3) is 0 Å². The monoisotopic (exact) mass is 502 g/mol. The van der Waals surface area contributed by atoms with E-state index < -0.39 is 29.2 Å². The van der Waals surface area contributed by atoms with Crippen LogP contribution in [0.15, 0.2) is 22.9 Å². The zero-order chi connectivity index (χ0) is 23.1. The second-order valence-electron chi connectivity index (χ2n) is 7.85. The number of halogens is 5. The fraction of sp³-hybridized carbons (Fsp3) is 0.632. The molecule has 3 N–H and O–H groups in total. The van der Waals surface area contributed by atoms with E-state index in [9.17, 15) is 9.18 Å². The number of carbonyl (C=O) groups is 1. The van der Waals surface area contributed by atoms with Gasteiger partial charge in [-0.3, -0.25) is 10.8 Å². The van der Waals surface area contributed by atoms with Crippen LogP contribution in [0.4, 0.5) is 9.18 Å². The molecule has 0 saturated heterocycles. The zero-order valence-corrected chi connectivity index (χ0v) is 20.1. The normalized spacial score (nSPS) is 22.6. The Balaban J connectivity index is 3.01. The van der Waals surface area contributed by atoms with Crippen molar-refractivity contribution in [2.75, 3.05) is 19.6 Å². The highest BCUT2D eigenvalue weighted by Gasteiger charge is 2.31. The van der Waals surface area contributed by atoms with Crippen molar-refractivity contribution in [1.82, 2.24) is 10.2 Å². The van der Waals surface area contributed by atoms with Gasteiger partial charge >= 0.3 is 6.09 Å². The molecule has 2 unspecified atom stereocenters. The molecule has 3 atom stereocenters. The summed E-state index contributed by atoms with van der Waals surface area (Å²) in [6, 6.07) is 0. The lowest BCUT2D eigenvalue weighted by molar-refractivity contribution is 0.0523. The minimum atomic E-state index is -1.09. The first-order valence-corrected chi connectivity index (χ1v) is 10.9. The summed E-state index contributed by atoms with van der Waals surface area (Å²) in [5.41, 5.74) is -0.481. The van der Waals surface area contributed by atoms with Crippen molar-refractivity contribution in [1.29, 1.82) is 10.8 Å². The third-order valence-electron chi connectivity index (χ3n) is 4.14. The van der Waals surface area contributed by atoms with Crippen LogP contribution in [-0.2, 0) is 4.74 Å². The molecule has 0 saturated carbocycles. The topological polar surface area (TPSA) is 89.3 Å². The molecule has 30 heavy (non-hydrogen) atoms. The molecule has 6 nitrogen and oxygen atoms in total. The smallest absolute Gasteiger partial charge is 0.407 e. The van der Waals surface area contributed by atoms with E-state index in [1.807, 2.05) is 0 Å². The summed E-state index contributed by atoms with van der Waals surface area (Å²) in [4.78, 5) is 13.6. The molecule has 1 amide bonds. The molecular formula is C19H27Cl4FN4O2. The Hall–Kier alpha value is -1.02. The maximum Gasteiger partial charge on any atom is 0.407 e. The van der Waals surface area contributed by atoms with Gasteiger partial charge in [0, 0.05) is 42.0 Å². The van der Waals surface area contributed by atoms with Gasteiger partial charge in [0.2, 0.25) is 0 Å². The van der Waals surface area contributed by atoms with E-state index in [1.165, 1.54) is 6.08 Å². The Kier molecular flexibility index (Phi) is 10.9. The van der Waals surface area contributed by atoms with Crippen molar-refractivity contribution in [3.8, 4) is 0 Å². The molecule has 0 radical (unpaired) electrons. The Morgan fingerprint density at radius 1 is 1.40 bits per heavy atom. The number of carbonyl (C=O) groups excluding carboxylic acids is 1. The number of rotatable bonds is 8. The molecule has 0 aromatic carbocycles. The first-order chi connectivity index (χ1) is 13.8. The minimum Gasteiger partial charge on any atom is -0.444 e. The number of nitrogens with one attached hydrogen (secondary N) is 3. The van der Waals surface area contributed by atoms with Gasteiger partial charge in [0.05, 0.1) is 5.70 Å². The quantitative estimate of drug-likeness (QED) is 0.297. The highest BCUT2D eigenvalue weighted by atomic mass is 35.5. The third kappa shape index (κ3) is 9.86. The van der Waals surface area contributed by atoms with Crippen molar-refractivity contribution in [2.45, 2.75) is 50.8 Å². The molecule has 0 heterocycles. The molecule has 0 bridgehead atoms. The lowest BCUT2D eigenvalue weighted by atomic mass is 10.0. The van der Waals surface area contributed by atoms with E-state index in [2.05, 4.69) is 5.32 Å². The van der Waals surface area contributed by atoms with Crippen LogP contribution in [0.3, 0.4) is 0 Å². The lowest BCUT2D eigenvalue weighted by Gasteiger charge is -2.32. The summed E-state index contributed by atoms with van der Waals surface area (Å²) in [6.45, 7) is 5.79. The van der Waals surface area contributed by atoms with E-state index in [0.717, 1.165) is 0 Å². The molecule has 0 spiro atoms. The molecule has 1 rings (SSSR count). The molecule has 0 aliphatic heterocycles. The van der Waals surface area contributed by atoms with Gasteiger partial charge in [-0.1, -0.05) is 40.9 Å². The maximum absolute atomic E-state index is 13.9. The number of allylic oxidation sites excluding steroid dienone is 3. The van der Waals surface area contributed by atoms with Gasteiger partial charge in [0.1, 0.15) is 22.1 Å². The number of hydrogen-bond acceptors (Lipinski definition) is 5. The minimum absolute atomic E-state index is 0.131. The van der Waals surface area contributed by atoms with Crippen molar-refractivity contribution < 1.29 is 13.9 Å². The summed E-state index contributed by atoms with van der Waals surface area (Å²) in [5.74, 6) is -0.431. The van der Waals surface area contributed by atoms with E-state index in [4.69, 9.17) is 62.0 Å². The van der Waals surface area contributed by atoms with Crippen LogP contribution in [0.5, 0.6) is 0 Å². The number of amides is 1. The van der Waals surface area contributed by atoms with Crippen LogP contribution in [0, 0.1) is 16.7 Å². The van der Waals surface area contributed by atoms with E-state index in [-0.39, 0.29) is 48.5 Å². The Bertz CT molecular complexity index is 709. The summed E-state index contributed by atoms with van der Waals surface area (Å²) < 4.78 is 19.1. The van der Waals surface area contributed by atoms with Crippen LogP contribution in [-0.4, -0.2) is 58.1 Å². The highest BCUT2D eigenvalue weighted by molar-refractivity contribution is 6.71. The predicted octanol–water partition coefficient (Wildman–Crippen LogP) is 5.61. The van der Waals surface area contributed by atoms with Gasteiger partial charge in [-0.25, -0.2) is 9.18 Å². The Morgan fingerprint density at radius 3 is 2.57 bits per heavy atom. The SMILES string of the molecule is CC(C)(C)OC(=O)NCCN(CC1C(Cl)=CCC(F)C[C@H]1Cl)/C(=C/C(=N)Cl)C(=N)Cl. The van der Waals surface area contributed by atoms with Crippen molar-refractivity contribution in [3.05, 3.63) is 22.9 Å². The van der Waals surface area contributed by atoms with Crippen LogP contribution in [0.25, 0.3) is 0 Å². The van der Waals surface area contributed by atoms with Gasteiger partial charge in [-0.2, -0.15) is 0 Å². The lowest BCUT2D eigenvalue weighted by Crippen LogP contribution is -2.41. The number of alkyl carbamates (subject to hydrolysis) is 1. The second kappa shape index (κ2) is 12.1. The highest BCUT2D eigenvalue weighted by Crippen LogP contribution is 2.33. The fourth-order valence-electron chi connectivity index (χ4n) is 2.84. The summed E-state index contributed by atoms with van der Waals surface area (Å²) in [7, 11) is 0. The van der Waals surface area contributed by atoms with Gasteiger partial charge in [0.15, 0.2) is 0 Å². The predicted molar refractivity (Wildman–Crippen MR) is 122 cm³/mol. The molecular weight excluding hydrogens is 477 g/mol. The summed E-state index contributed by atoms with van der Waals surface area (Å²) in [5, 5.41) is 17.2. The van der Waals surface area contributed by atoms with Crippen LogP contribution in [0.1, 0.15) is 33.6 Å². The molecule has 1 aliphatic carbocycles. The van der Waals surface area contributed by atoms with Crippen LogP contribution < -0.4 is 5.32 Å². The number of ether oxygens (including phenoxy) is 1. The average molecular weight is 504 g/mol. The van der Waals surface area contributed by atoms with Crippen LogP contribution in [0.2, 0.25) is 0 Å². The van der Waals surface area contributed by atoms with Crippen molar-refractivity contribution >= 4 is 62.8 Å². The maximum atomic E-state index is 13.9. The Labute approximate surface area is 196 Å². The molecule has 170 valence electrons. The molecule has 0 fully saturated rings. The first kappa shape index (κ1) is 27.0. The zero-order valence-electron chi connectivity index (χ0n) is 17.1. The van der Waals surface area contributed by atoms with Crippen molar-refractivity contribution in [2.24, 2.45) is 5.92 Å². The molecule has 11 heteroatoms.